The molecule has 0 unspecified atom stereocenters. The van der Waals surface area contributed by atoms with Gasteiger partial charge in [-0.05, 0) is 23.6 Å². The van der Waals surface area contributed by atoms with Crippen LogP contribution in [0.3, 0.4) is 0 Å². The van der Waals surface area contributed by atoms with Crippen LogP contribution in [0.15, 0.2) is 30.5 Å². The van der Waals surface area contributed by atoms with Gasteiger partial charge in [0.05, 0.1) is 17.2 Å². The lowest BCUT2D eigenvalue weighted by atomic mass is 10.2. The maximum atomic E-state index is 6.24. The van der Waals surface area contributed by atoms with Crippen LogP contribution in [0, 0.1) is 5.92 Å². The molecular formula is C14H14ClN3. The van der Waals surface area contributed by atoms with Crippen molar-refractivity contribution >= 4 is 33.5 Å². The summed E-state index contributed by atoms with van der Waals surface area (Å²) >= 11 is 6.24. The first kappa shape index (κ1) is 11.5. The zero-order valence-electron chi connectivity index (χ0n) is 10.4. The second-order valence-corrected chi connectivity index (χ2v) is 5.23. The van der Waals surface area contributed by atoms with E-state index < -0.39 is 0 Å². The molecule has 0 bridgehead atoms. The Balaban J connectivity index is 2.39. The number of aromatic nitrogens is 3. The van der Waals surface area contributed by atoms with E-state index in [0.717, 1.165) is 28.5 Å². The molecule has 0 N–H and O–H groups in total. The van der Waals surface area contributed by atoms with Gasteiger partial charge in [-0.25, -0.2) is 4.98 Å². The van der Waals surface area contributed by atoms with Crippen LogP contribution in [0.25, 0.3) is 21.9 Å². The number of rotatable bonds is 2. The van der Waals surface area contributed by atoms with Gasteiger partial charge in [0.15, 0.2) is 0 Å². The summed E-state index contributed by atoms with van der Waals surface area (Å²) in [7, 11) is 0. The maximum absolute atomic E-state index is 6.24. The van der Waals surface area contributed by atoms with Gasteiger partial charge < -0.3 is 4.57 Å². The second-order valence-electron chi connectivity index (χ2n) is 4.89. The van der Waals surface area contributed by atoms with E-state index in [0.29, 0.717) is 11.2 Å². The highest BCUT2D eigenvalue weighted by molar-refractivity contribution is 6.29. The van der Waals surface area contributed by atoms with E-state index in [2.05, 4.69) is 34.4 Å². The molecule has 3 rings (SSSR count). The van der Waals surface area contributed by atoms with Crippen molar-refractivity contribution in [2.75, 3.05) is 0 Å². The molecular weight excluding hydrogens is 246 g/mol. The SMILES string of the molecule is CC(C)Cn1c(Cl)nc2cnc3ccccc3c21. The van der Waals surface area contributed by atoms with Crippen LogP contribution in [-0.2, 0) is 6.54 Å². The van der Waals surface area contributed by atoms with Crippen LogP contribution in [0.4, 0.5) is 0 Å². The molecule has 0 aliphatic rings. The predicted octanol–water partition coefficient (Wildman–Crippen LogP) is 3.89. The first-order valence-corrected chi connectivity index (χ1v) is 6.44. The number of halogens is 1. The van der Waals surface area contributed by atoms with Gasteiger partial charge in [0.25, 0.3) is 0 Å². The molecule has 4 heteroatoms. The van der Waals surface area contributed by atoms with Crippen molar-refractivity contribution in [2.45, 2.75) is 20.4 Å². The summed E-state index contributed by atoms with van der Waals surface area (Å²) in [5.74, 6) is 0.520. The fourth-order valence-electron chi connectivity index (χ4n) is 2.27. The molecule has 0 spiro atoms. The minimum Gasteiger partial charge on any atom is -0.314 e. The molecule has 2 heterocycles. The van der Waals surface area contributed by atoms with E-state index in [1.165, 1.54) is 0 Å². The number of hydrogen-bond donors (Lipinski definition) is 0. The zero-order valence-corrected chi connectivity index (χ0v) is 11.1. The summed E-state index contributed by atoms with van der Waals surface area (Å²) in [6, 6.07) is 8.09. The van der Waals surface area contributed by atoms with Crippen molar-refractivity contribution in [3.8, 4) is 0 Å². The normalized spacial score (nSPS) is 11.8. The lowest BCUT2D eigenvalue weighted by Gasteiger charge is -2.09. The number of para-hydroxylation sites is 1. The molecule has 0 radical (unpaired) electrons. The molecule has 0 atom stereocenters. The number of imidazole rings is 1. The van der Waals surface area contributed by atoms with Gasteiger partial charge in [-0.3, -0.25) is 4.98 Å². The van der Waals surface area contributed by atoms with E-state index in [-0.39, 0.29) is 0 Å². The third-order valence-electron chi connectivity index (χ3n) is 2.98. The molecule has 2 aromatic heterocycles. The van der Waals surface area contributed by atoms with E-state index >= 15 is 0 Å². The largest absolute Gasteiger partial charge is 0.314 e. The van der Waals surface area contributed by atoms with Gasteiger partial charge in [-0.1, -0.05) is 32.0 Å². The van der Waals surface area contributed by atoms with Crippen molar-refractivity contribution in [2.24, 2.45) is 5.92 Å². The Hall–Kier alpha value is -1.61. The van der Waals surface area contributed by atoms with E-state index in [1.54, 1.807) is 6.20 Å². The summed E-state index contributed by atoms with van der Waals surface area (Å²) in [4.78, 5) is 8.79. The molecule has 1 aromatic carbocycles. The maximum Gasteiger partial charge on any atom is 0.203 e. The molecule has 3 nitrogen and oxygen atoms in total. The van der Waals surface area contributed by atoms with E-state index in [9.17, 15) is 0 Å². The first-order chi connectivity index (χ1) is 8.66. The highest BCUT2D eigenvalue weighted by atomic mass is 35.5. The van der Waals surface area contributed by atoms with Crippen molar-refractivity contribution < 1.29 is 0 Å². The Kier molecular flexibility index (Phi) is 2.71. The van der Waals surface area contributed by atoms with Gasteiger partial charge in [0.1, 0.15) is 5.52 Å². The van der Waals surface area contributed by atoms with Gasteiger partial charge in [0, 0.05) is 11.9 Å². The lowest BCUT2D eigenvalue weighted by molar-refractivity contribution is 0.534. The number of benzene rings is 1. The van der Waals surface area contributed by atoms with Gasteiger partial charge in [0.2, 0.25) is 5.28 Å². The van der Waals surface area contributed by atoms with Gasteiger partial charge >= 0.3 is 0 Å². The van der Waals surface area contributed by atoms with E-state index in [4.69, 9.17) is 11.6 Å². The Morgan fingerprint density at radius 3 is 2.78 bits per heavy atom. The standard InChI is InChI=1S/C14H14ClN3/c1-9(2)8-18-13-10-5-3-4-6-11(10)16-7-12(13)17-14(18)15/h3-7,9H,8H2,1-2H3. The fraction of sp³-hybridized carbons (Fsp3) is 0.286. The summed E-state index contributed by atoms with van der Waals surface area (Å²) < 4.78 is 2.07. The molecule has 3 aromatic rings. The lowest BCUT2D eigenvalue weighted by Crippen LogP contribution is -2.04. The van der Waals surface area contributed by atoms with Crippen LogP contribution in [0.1, 0.15) is 13.8 Å². The topological polar surface area (TPSA) is 30.7 Å². The Labute approximate surface area is 110 Å². The first-order valence-electron chi connectivity index (χ1n) is 6.06. The second kappa shape index (κ2) is 4.25. The Bertz CT molecular complexity index is 715. The van der Waals surface area contributed by atoms with Crippen molar-refractivity contribution in [1.82, 2.24) is 14.5 Å². The number of hydrogen-bond acceptors (Lipinski definition) is 2. The smallest absolute Gasteiger partial charge is 0.203 e. The fourth-order valence-corrected chi connectivity index (χ4v) is 2.51. The minimum atomic E-state index is 0.520. The number of nitrogens with zero attached hydrogens (tertiary/aromatic N) is 3. The average Bonchev–Trinajstić information content (AvgIpc) is 2.66. The third kappa shape index (κ3) is 1.75. The molecule has 0 aliphatic heterocycles. The summed E-state index contributed by atoms with van der Waals surface area (Å²) in [5.41, 5.74) is 2.92. The molecule has 0 saturated carbocycles. The van der Waals surface area contributed by atoms with Crippen LogP contribution in [0.5, 0.6) is 0 Å². The molecule has 92 valence electrons. The number of fused-ring (bicyclic) bond motifs is 3. The molecule has 0 amide bonds. The summed E-state index contributed by atoms with van der Waals surface area (Å²) in [5, 5.41) is 1.65. The highest BCUT2D eigenvalue weighted by Crippen LogP contribution is 2.27. The third-order valence-corrected chi connectivity index (χ3v) is 3.27. The predicted molar refractivity (Wildman–Crippen MR) is 74.9 cm³/mol. The average molecular weight is 260 g/mol. The quantitative estimate of drug-likeness (QED) is 0.699. The molecule has 0 fully saturated rings. The van der Waals surface area contributed by atoms with Crippen LogP contribution >= 0.6 is 11.6 Å². The Morgan fingerprint density at radius 2 is 2.00 bits per heavy atom. The van der Waals surface area contributed by atoms with E-state index in [1.807, 2.05) is 18.2 Å². The monoisotopic (exact) mass is 259 g/mol. The van der Waals surface area contributed by atoms with Crippen LogP contribution < -0.4 is 0 Å². The Morgan fingerprint density at radius 1 is 1.22 bits per heavy atom. The molecule has 0 aliphatic carbocycles. The van der Waals surface area contributed by atoms with Gasteiger partial charge in [-0.15, -0.1) is 0 Å². The van der Waals surface area contributed by atoms with Gasteiger partial charge in [-0.2, -0.15) is 0 Å². The van der Waals surface area contributed by atoms with Crippen LogP contribution in [-0.4, -0.2) is 14.5 Å². The van der Waals surface area contributed by atoms with Crippen LogP contribution in [0.2, 0.25) is 5.28 Å². The zero-order chi connectivity index (χ0) is 12.7. The van der Waals surface area contributed by atoms with Crippen molar-refractivity contribution in [3.63, 3.8) is 0 Å². The highest BCUT2D eigenvalue weighted by Gasteiger charge is 2.13. The van der Waals surface area contributed by atoms with Crippen molar-refractivity contribution in [1.29, 1.82) is 0 Å². The molecule has 18 heavy (non-hydrogen) atoms. The molecule has 0 saturated heterocycles. The summed E-state index contributed by atoms with van der Waals surface area (Å²) in [6.45, 7) is 5.21. The minimum absolute atomic E-state index is 0.520. The van der Waals surface area contributed by atoms with Crippen molar-refractivity contribution in [3.05, 3.63) is 35.7 Å². The number of pyridine rings is 1. The summed E-state index contributed by atoms with van der Waals surface area (Å²) in [6.07, 6.45) is 1.79.